The third-order valence-corrected chi connectivity index (χ3v) is 4.63. The van der Waals surface area contributed by atoms with Crippen LogP contribution in [0.4, 0.5) is 5.69 Å². The molecular weight excluding hydrogens is 244 g/mol. The van der Waals surface area contributed by atoms with Crippen molar-refractivity contribution in [2.24, 2.45) is 5.92 Å². The molecule has 0 fully saturated rings. The van der Waals surface area contributed by atoms with E-state index in [0.29, 0.717) is 0 Å². The summed E-state index contributed by atoms with van der Waals surface area (Å²) in [5.41, 5.74) is 4.39. The van der Waals surface area contributed by atoms with Gasteiger partial charge in [-0.15, -0.1) is 0 Å². The minimum Gasteiger partial charge on any atom is -0.374 e. The summed E-state index contributed by atoms with van der Waals surface area (Å²) in [7, 11) is 2.20. The second-order valence-corrected chi connectivity index (χ2v) is 6.27. The van der Waals surface area contributed by atoms with E-state index in [2.05, 4.69) is 47.6 Å². The van der Waals surface area contributed by atoms with Crippen molar-refractivity contribution in [2.75, 3.05) is 25.0 Å². The minimum absolute atomic E-state index is 0.837. The van der Waals surface area contributed by atoms with Crippen LogP contribution in [0.3, 0.4) is 0 Å². The van der Waals surface area contributed by atoms with E-state index in [0.717, 1.165) is 19.0 Å². The van der Waals surface area contributed by atoms with Gasteiger partial charge in [0.2, 0.25) is 0 Å². The molecule has 2 aliphatic rings. The van der Waals surface area contributed by atoms with Crippen molar-refractivity contribution in [3.8, 4) is 0 Å². The normalized spacial score (nSPS) is 21.9. The quantitative estimate of drug-likeness (QED) is 0.842. The van der Waals surface area contributed by atoms with Crippen molar-refractivity contribution in [1.82, 2.24) is 5.32 Å². The number of nitrogens with one attached hydrogen (secondary N) is 1. The second-order valence-electron chi connectivity index (χ2n) is 6.27. The fourth-order valence-electron chi connectivity index (χ4n) is 3.41. The number of fused-ring (bicyclic) bond motifs is 1. The zero-order valence-electron chi connectivity index (χ0n) is 12.6. The van der Waals surface area contributed by atoms with E-state index < -0.39 is 0 Å². The average Bonchev–Trinajstić information content (AvgIpc) is 2.48. The molecule has 1 aliphatic heterocycles. The fourth-order valence-corrected chi connectivity index (χ4v) is 3.41. The lowest BCUT2D eigenvalue weighted by Gasteiger charge is -2.28. The molecule has 2 nitrogen and oxygen atoms in total. The van der Waals surface area contributed by atoms with Crippen LogP contribution in [0.5, 0.6) is 0 Å². The van der Waals surface area contributed by atoms with Gasteiger partial charge in [-0.2, -0.15) is 0 Å². The lowest BCUT2D eigenvalue weighted by atomic mass is 9.94. The Morgan fingerprint density at radius 1 is 1.30 bits per heavy atom. The highest BCUT2D eigenvalue weighted by molar-refractivity contribution is 5.56. The molecule has 0 amide bonds. The first-order valence-electron chi connectivity index (χ1n) is 8.01. The summed E-state index contributed by atoms with van der Waals surface area (Å²) in [6.07, 6.45) is 11.0. The number of rotatable bonds is 4. The van der Waals surface area contributed by atoms with Crippen LogP contribution < -0.4 is 10.2 Å². The molecule has 3 rings (SSSR count). The van der Waals surface area contributed by atoms with E-state index in [-0.39, 0.29) is 0 Å². The molecule has 1 N–H and O–H groups in total. The maximum absolute atomic E-state index is 3.64. The molecule has 2 heteroatoms. The van der Waals surface area contributed by atoms with E-state index >= 15 is 0 Å². The van der Waals surface area contributed by atoms with Gasteiger partial charge < -0.3 is 10.2 Å². The van der Waals surface area contributed by atoms with Gasteiger partial charge in [-0.25, -0.2) is 0 Å². The fraction of sp³-hybridized carbons (Fsp3) is 0.556. The van der Waals surface area contributed by atoms with Gasteiger partial charge in [0, 0.05) is 25.8 Å². The van der Waals surface area contributed by atoms with E-state index in [9.17, 15) is 0 Å². The highest BCUT2D eigenvalue weighted by Gasteiger charge is 2.14. The molecule has 108 valence electrons. The molecular formula is C18H26N2. The standard InChI is InChI=1S/C18H26N2/c1-20-11-5-8-17-12-16(9-10-18(17)20)14-19-13-15-6-3-2-4-7-15/h2-3,9-10,12,15,19H,4-8,11,13-14H2,1H3. The van der Waals surface area contributed by atoms with E-state index in [4.69, 9.17) is 0 Å². The van der Waals surface area contributed by atoms with Gasteiger partial charge in [0.05, 0.1) is 0 Å². The summed E-state index contributed by atoms with van der Waals surface area (Å²) in [6, 6.07) is 6.99. The summed E-state index contributed by atoms with van der Waals surface area (Å²) in [5.74, 6) is 0.837. The molecule has 0 saturated heterocycles. The van der Waals surface area contributed by atoms with Crippen molar-refractivity contribution in [3.63, 3.8) is 0 Å². The zero-order chi connectivity index (χ0) is 13.8. The Bertz CT molecular complexity index is 478. The Morgan fingerprint density at radius 2 is 2.25 bits per heavy atom. The number of anilines is 1. The topological polar surface area (TPSA) is 15.3 Å². The number of aryl methyl sites for hydroxylation is 1. The molecule has 1 aliphatic carbocycles. The van der Waals surface area contributed by atoms with Gasteiger partial charge in [-0.3, -0.25) is 0 Å². The third-order valence-electron chi connectivity index (χ3n) is 4.63. The van der Waals surface area contributed by atoms with Crippen molar-refractivity contribution >= 4 is 5.69 Å². The molecule has 0 spiro atoms. The minimum atomic E-state index is 0.837. The first kappa shape index (κ1) is 13.7. The molecule has 1 unspecified atom stereocenters. The molecule has 1 aromatic rings. The molecule has 0 aromatic heterocycles. The van der Waals surface area contributed by atoms with Gasteiger partial charge >= 0.3 is 0 Å². The highest BCUT2D eigenvalue weighted by Crippen LogP contribution is 2.26. The molecule has 1 atom stereocenters. The van der Waals surface area contributed by atoms with Crippen LogP contribution in [0.15, 0.2) is 30.4 Å². The van der Waals surface area contributed by atoms with E-state index in [1.165, 1.54) is 55.5 Å². The predicted molar refractivity (Wildman–Crippen MR) is 86.2 cm³/mol. The van der Waals surface area contributed by atoms with Crippen LogP contribution in [0, 0.1) is 5.92 Å². The first-order valence-corrected chi connectivity index (χ1v) is 8.01. The van der Waals surface area contributed by atoms with Crippen molar-refractivity contribution in [1.29, 1.82) is 0 Å². The van der Waals surface area contributed by atoms with Crippen LogP contribution in [-0.2, 0) is 13.0 Å². The summed E-state index contributed by atoms with van der Waals surface area (Å²) in [5, 5.41) is 3.64. The summed E-state index contributed by atoms with van der Waals surface area (Å²) in [6.45, 7) is 3.36. The summed E-state index contributed by atoms with van der Waals surface area (Å²) in [4.78, 5) is 2.38. The van der Waals surface area contributed by atoms with Crippen molar-refractivity contribution in [3.05, 3.63) is 41.5 Å². The lowest BCUT2D eigenvalue weighted by Crippen LogP contribution is -2.25. The zero-order valence-corrected chi connectivity index (χ0v) is 12.6. The van der Waals surface area contributed by atoms with Crippen LogP contribution in [0.1, 0.15) is 36.8 Å². The molecule has 0 bridgehead atoms. The highest BCUT2D eigenvalue weighted by atomic mass is 15.1. The Kier molecular flexibility index (Phi) is 4.41. The molecule has 0 radical (unpaired) electrons. The van der Waals surface area contributed by atoms with E-state index in [1.807, 2.05) is 0 Å². The van der Waals surface area contributed by atoms with Gasteiger partial charge in [-0.1, -0.05) is 24.3 Å². The molecule has 0 saturated carbocycles. The number of hydrogen-bond donors (Lipinski definition) is 1. The Labute approximate surface area is 122 Å². The molecule has 20 heavy (non-hydrogen) atoms. The predicted octanol–water partition coefficient (Wildman–Crippen LogP) is 3.51. The SMILES string of the molecule is CN1CCCc2cc(CNCC3CC=CCC3)ccc21. The van der Waals surface area contributed by atoms with Gasteiger partial charge in [0.1, 0.15) is 0 Å². The second kappa shape index (κ2) is 6.45. The van der Waals surface area contributed by atoms with Crippen LogP contribution in [-0.4, -0.2) is 20.1 Å². The summed E-state index contributed by atoms with van der Waals surface area (Å²) >= 11 is 0. The van der Waals surface area contributed by atoms with Gasteiger partial charge in [0.25, 0.3) is 0 Å². The van der Waals surface area contributed by atoms with Crippen molar-refractivity contribution in [2.45, 2.75) is 38.6 Å². The Hall–Kier alpha value is -1.28. The van der Waals surface area contributed by atoms with Crippen LogP contribution >= 0.6 is 0 Å². The largest absolute Gasteiger partial charge is 0.374 e. The number of nitrogens with zero attached hydrogens (tertiary/aromatic N) is 1. The number of benzene rings is 1. The average molecular weight is 270 g/mol. The maximum Gasteiger partial charge on any atom is 0.0396 e. The lowest BCUT2D eigenvalue weighted by molar-refractivity contribution is 0.440. The van der Waals surface area contributed by atoms with Crippen molar-refractivity contribution < 1.29 is 0 Å². The van der Waals surface area contributed by atoms with Crippen LogP contribution in [0.2, 0.25) is 0 Å². The first-order chi connectivity index (χ1) is 9.83. The molecule has 1 heterocycles. The smallest absolute Gasteiger partial charge is 0.0396 e. The Balaban J connectivity index is 1.54. The number of allylic oxidation sites excluding steroid dienone is 2. The maximum atomic E-state index is 3.64. The molecule has 1 aromatic carbocycles. The van der Waals surface area contributed by atoms with Gasteiger partial charge in [-0.05, 0) is 61.8 Å². The van der Waals surface area contributed by atoms with Gasteiger partial charge in [0.15, 0.2) is 0 Å². The van der Waals surface area contributed by atoms with Crippen LogP contribution in [0.25, 0.3) is 0 Å². The number of hydrogen-bond acceptors (Lipinski definition) is 2. The van der Waals surface area contributed by atoms with E-state index in [1.54, 1.807) is 0 Å². The summed E-state index contributed by atoms with van der Waals surface area (Å²) < 4.78 is 0. The third kappa shape index (κ3) is 3.24. The Morgan fingerprint density at radius 3 is 3.10 bits per heavy atom. The monoisotopic (exact) mass is 270 g/mol.